The van der Waals surface area contributed by atoms with Crippen molar-refractivity contribution >= 4 is 21.6 Å². The monoisotopic (exact) mass is 322 g/mol. The Bertz CT molecular complexity index is 598. The molecule has 1 unspecified atom stereocenters. The number of hydrogen-bond donors (Lipinski definition) is 2. The maximum absolute atomic E-state index is 12.2. The van der Waals surface area contributed by atoms with E-state index < -0.39 is 15.6 Å². The Morgan fingerprint density at radius 3 is 2.60 bits per heavy atom. The summed E-state index contributed by atoms with van der Waals surface area (Å²) in [6.45, 7) is 6.42. The molecule has 8 heteroatoms. The van der Waals surface area contributed by atoms with E-state index in [9.17, 15) is 13.2 Å². The average molecular weight is 323 g/mol. The highest BCUT2D eigenvalue weighted by atomic mass is 35.5. The molecule has 0 aromatic carbocycles. The van der Waals surface area contributed by atoms with E-state index in [1.54, 1.807) is 0 Å². The summed E-state index contributed by atoms with van der Waals surface area (Å²) in [5.41, 5.74) is -0.527. The van der Waals surface area contributed by atoms with Gasteiger partial charge in [-0.3, -0.25) is 4.79 Å². The Morgan fingerprint density at radius 1 is 1.45 bits per heavy atom. The molecule has 1 atom stereocenters. The molecular weight excluding hydrogens is 304 g/mol. The SMILES string of the molecule is CCOCC(NS(=O)(=O)c1c[nH]c(=O)c(Cl)c1)C(C)C. The lowest BCUT2D eigenvalue weighted by Crippen LogP contribution is -2.42. The van der Waals surface area contributed by atoms with Crippen LogP contribution >= 0.6 is 11.6 Å². The van der Waals surface area contributed by atoms with Crippen molar-refractivity contribution in [1.82, 2.24) is 9.71 Å². The first-order chi connectivity index (χ1) is 9.27. The topological polar surface area (TPSA) is 88.3 Å². The fraction of sp³-hybridized carbons (Fsp3) is 0.583. The first kappa shape index (κ1) is 17.2. The van der Waals surface area contributed by atoms with Crippen LogP contribution in [0.5, 0.6) is 0 Å². The quantitative estimate of drug-likeness (QED) is 0.793. The molecule has 0 aliphatic heterocycles. The number of pyridine rings is 1. The lowest BCUT2D eigenvalue weighted by molar-refractivity contribution is 0.116. The second kappa shape index (κ2) is 7.21. The number of nitrogens with one attached hydrogen (secondary N) is 2. The molecule has 1 heterocycles. The average Bonchev–Trinajstić information content (AvgIpc) is 2.37. The maximum Gasteiger partial charge on any atom is 0.266 e. The molecule has 0 radical (unpaired) electrons. The first-order valence-electron chi connectivity index (χ1n) is 6.26. The summed E-state index contributed by atoms with van der Waals surface area (Å²) < 4.78 is 32.3. The number of halogens is 1. The van der Waals surface area contributed by atoms with Gasteiger partial charge in [0, 0.05) is 18.8 Å². The van der Waals surface area contributed by atoms with Crippen molar-refractivity contribution in [3.63, 3.8) is 0 Å². The summed E-state index contributed by atoms with van der Waals surface area (Å²) in [6.07, 6.45) is 1.12. The normalized spacial score (nSPS) is 13.7. The minimum absolute atomic E-state index is 0.0644. The van der Waals surface area contributed by atoms with E-state index in [0.717, 1.165) is 12.3 Å². The zero-order chi connectivity index (χ0) is 15.3. The molecule has 114 valence electrons. The van der Waals surface area contributed by atoms with E-state index in [1.165, 1.54) is 0 Å². The molecular formula is C12H19ClN2O4S. The smallest absolute Gasteiger partial charge is 0.266 e. The van der Waals surface area contributed by atoms with Crippen molar-refractivity contribution in [3.8, 4) is 0 Å². The Kier molecular flexibility index (Phi) is 6.19. The number of H-pyrrole nitrogens is 1. The molecule has 0 saturated carbocycles. The van der Waals surface area contributed by atoms with E-state index >= 15 is 0 Å². The van der Waals surface area contributed by atoms with Crippen LogP contribution in [0.2, 0.25) is 5.02 Å². The third kappa shape index (κ3) is 4.59. The number of hydrogen-bond acceptors (Lipinski definition) is 4. The highest BCUT2D eigenvalue weighted by molar-refractivity contribution is 7.89. The lowest BCUT2D eigenvalue weighted by atomic mass is 10.1. The molecule has 1 rings (SSSR count). The molecule has 2 N–H and O–H groups in total. The van der Waals surface area contributed by atoms with Gasteiger partial charge in [-0.2, -0.15) is 0 Å². The summed E-state index contributed by atoms with van der Waals surface area (Å²) in [6, 6.07) is 0.770. The fourth-order valence-electron chi connectivity index (χ4n) is 1.47. The van der Waals surface area contributed by atoms with Gasteiger partial charge >= 0.3 is 0 Å². The van der Waals surface area contributed by atoms with Gasteiger partial charge in [0.15, 0.2) is 0 Å². The minimum Gasteiger partial charge on any atom is -0.380 e. The van der Waals surface area contributed by atoms with Crippen LogP contribution in [0.25, 0.3) is 0 Å². The van der Waals surface area contributed by atoms with Gasteiger partial charge in [-0.1, -0.05) is 25.4 Å². The van der Waals surface area contributed by atoms with Crippen LogP contribution < -0.4 is 10.3 Å². The summed E-state index contributed by atoms with van der Waals surface area (Å²) in [7, 11) is -3.76. The standard InChI is InChI=1S/C12H19ClN2O4S/c1-4-19-7-11(8(2)3)15-20(17,18)9-5-10(13)12(16)14-6-9/h5-6,8,11,15H,4,7H2,1-3H3,(H,14,16). The van der Waals surface area contributed by atoms with Crippen molar-refractivity contribution in [2.45, 2.75) is 31.7 Å². The van der Waals surface area contributed by atoms with Crippen LogP contribution in [0, 0.1) is 5.92 Å². The van der Waals surface area contributed by atoms with E-state index in [2.05, 4.69) is 9.71 Å². The van der Waals surface area contributed by atoms with E-state index in [-0.39, 0.29) is 28.5 Å². The Balaban J connectivity index is 2.97. The summed E-state index contributed by atoms with van der Waals surface area (Å²) in [5, 5.41) is -0.168. The highest BCUT2D eigenvalue weighted by Crippen LogP contribution is 2.13. The summed E-state index contributed by atoms with van der Waals surface area (Å²) >= 11 is 5.64. The number of aromatic amines is 1. The van der Waals surface area contributed by atoms with Crippen LogP contribution in [0.4, 0.5) is 0 Å². The molecule has 0 aliphatic carbocycles. The van der Waals surface area contributed by atoms with Crippen LogP contribution in [0.1, 0.15) is 20.8 Å². The van der Waals surface area contributed by atoms with E-state index in [1.807, 2.05) is 20.8 Å². The highest BCUT2D eigenvalue weighted by Gasteiger charge is 2.23. The van der Waals surface area contributed by atoms with E-state index in [0.29, 0.717) is 6.61 Å². The molecule has 0 bridgehead atoms. The number of sulfonamides is 1. The lowest BCUT2D eigenvalue weighted by Gasteiger charge is -2.21. The molecule has 1 aromatic rings. The summed E-state index contributed by atoms with van der Waals surface area (Å²) in [5.74, 6) is 0.0644. The zero-order valence-electron chi connectivity index (χ0n) is 11.6. The van der Waals surface area contributed by atoms with Crippen LogP contribution in [-0.2, 0) is 14.8 Å². The maximum atomic E-state index is 12.2. The molecule has 0 spiro atoms. The largest absolute Gasteiger partial charge is 0.380 e. The van der Waals surface area contributed by atoms with Gasteiger partial charge in [-0.25, -0.2) is 13.1 Å². The molecule has 0 fully saturated rings. The number of rotatable bonds is 7. The van der Waals surface area contributed by atoms with Crippen molar-refractivity contribution < 1.29 is 13.2 Å². The third-order valence-corrected chi connectivity index (χ3v) is 4.50. The predicted molar refractivity (Wildman–Crippen MR) is 77.5 cm³/mol. The van der Waals surface area contributed by atoms with Crippen LogP contribution in [0.3, 0.4) is 0 Å². The van der Waals surface area contributed by atoms with Gasteiger partial charge in [0.1, 0.15) is 5.02 Å². The molecule has 1 aromatic heterocycles. The van der Waals surface area contributed by atoms with Gasteiger partial charge in [0.05, 0.1) is 11.5 Å². The first-order valence-corrected chi connectivity index (χ1v) is 8.12. The van der Waals surface area contributed by atoms with Gasteiger partial charge in [0.25, 0.3) is 5.56 Å². The number of ether oxygens (including phenoxy) is 1. The zero-order valence-corrected chi connectivity index (χ0v) is 13.2. The molecule has 0 amide bonds. The Labute approximate surface area is 123 Å². The third-order valence-electron chi connectivity index (χ3n) is 2.75. The Hall–Kier alpha value is -0.890. The van der Waals surface area contributed by atoms with Crippen LogP contribution in [-0.4, -0.2) is 32.7 Å². The van der Waals surface area contributed by atoms with Gasteiger partial charge in [-0.15, -0.1) is 0 Å². The molecule has 0 saturated heterocycles. The van der Waals surface area contributed by atoms with Gasteiger partial charge in [-0.05, 0) is 18.9 Å². The van der Waals surface area contributed by atoms with Crippen molar-refractivity contribution in [2.24, 2.45) is 5.92 Å². The van der Waals surface area contributed by atoms with Crippen molar-refractivity contribution in [1.29, 1.82) is 0 Å². The van der Waals surface area contributed by atoms with Crippen molar-refractivity contribution in [3.05, 3.63) is 27.6 Å². The summed E-state index contributed by atoms with van der Waals surface area (Å²) in [4.78, 5) is 13.3. The van der Waals surface area contributed by atoms with Gasteiger partial charge in [0.2, 0.25) is 10.0 Å². The van der Waals surface area contributed by atoms with E-state index in [4.69, 9.17) is 16.3 Å². The van der Waals surface area contributed by atoms with Gasteiger partial charge < -0.3 is 9.72 Å². The molecule has 0 aliphatic rings. The predicted octanol–water partition coefficient (Wildman–Crippen LogP) is 1.37. The minimum atomic E-state index is -3.76. The van der Waals surface area contributed by atoms with Crippen molar-refractivity contribution in [2.75, 3.05) is 13.2 Å². The van der Waals surface area contributed by atoms with Crippen LogP contribution in [0.15, 0.2) is 22.0 Å². The molecule has 6 nitrogen and oxygen atoms in total. The Morgan fingerprint density at radius 2 is 2.10 bits per heavy atom. The number of aromatic nitrogens is 1. The second-order valence-corrected chi connectivity index (χ2v) is 6.76. The molecule has 20 heavy (non-hydrogen) atoms. The fourth-order valence-corrected chi connectivity index (χ4v) is 3.07. The second-order valence-electron chi connectivity index (χ2n) is 4.64.